The van der Waals surface area contributed by atoms with E-state index in [9.17, 15) is 0 Å². The third-order valence-electron chi connectivity index (χ3n) is 3.38. The molecule has 1 saturated heterocycles. The first-order valence-corrected chi connectivity index (χ1v) is 8.02. The van der Waals surface area contributed by atoms with Crippen LogP contribution in [0, 0.1) is 5.92 Å². The maximum Gasteiger partial charge on any atom is 0.123 e. The van der Waals surface area contributed by atoms with Gasteiger partial charge in [-0.3, -0.25) is 0 Å². The van der Waals surface area contributed by atoms with Gasteiger partial charge in [0.2, 0.25) is 0 Å². The highest BCUT2D eigenvalue weighted by molar-refractivity contribution is 9.10. The van der Waals surface area contributed by atoms with E-state index in [0.717, 1.165) is 23.2 Å². The van der Waals surface area contributed by atoms with Crippen LogP contribution >= 0.6 is 31.9 Å². The molecule has 0 aromatic heterocycles. The normalized spacial score (nSPS) is 25.1. The number of alkyl halides is 1. The smallest absolute Gasteiger partial charge is 0.123 e. The Balaban J connectivity index is 2.27. The van der Waals surface area contributed by atoms with Crippen LogP contribution in [0.4, 0.5) is 0 Å². The van der Waals surface area contributed by atoms with Crippen molar-refractivity contribution in [2.75, 3.05) is 13.2 Å². The van der Waals surface area contributed by atoms with Gasteiger partial charge in [0.1, 0.15) is 5.75 Å². The summed E-state index contributed by atoms with van der Waals surface area (Å²) in [4.78, 5) is 0.272. The van der Waals surface area contributed by atoms with Gasteiger partial charge in [0, 0.05) is 27.4 Å². The second-order valence-corrected chi connectivity index (χ2v) is 6.45. The third kappa shape index (κ3) is 3.09. The molecule has 1 aromatic carbocycles. The highest BCUT2D eigenvalue weighted by Gasteiger charge is 2.32. The lowest BCUT2D eigenvalue weighted by Crippen LogP contribution is -2.17. The van der Waals surface area contributed by atoms with E-state index in [2.05, 4.69) is 44.8 Å². The van der Waals surface area contributed by atoms with Gasteiger partial charge in [0.15, 0.2) is 0 Å². The Morgan fingerprint density at radius 1 is 1.50 bits per heavy atom. The fraction of sp³-hybridized carbons (Fsp3) is 0.571. The quantitative estimate of drug-likeness (QED) is 0.707. The maximum atomic E-state index is 5.72. The predicted molar refractivity (Wildman–Crippen MR) is 80.5 cm³/mol. The van der Waals surface area contributed by atoms with E-state index < -0.39 is 0 Å². The van der Waals surface area contributed by atoms with Crippen molar-refractivity contribution < 1.29 is 9.47 Å². The van der Waals surface area contributed by atoms with Crippen molar-refractivity contribution in [2.24, 2.45) is 5.92 Å². The number of hydrogen-bond donors (Lipinski definition) is 0. The summed E-state index contributed by atoms with van der Waals surface area (Å²) in [6.07, 6.45) is 1.39. The van der Waals surface area contributed by atoms with Crippen LogP contribution in [-0.2, 0) is 4.74 Å². The van der Waals surface area contributed by atoms with E-state index in [1.165, 1.54) is 5.56 Å². The molecule has 1 heterocycles. The molecule has 0 saturated carbocycles. The van der Waals surface area contributed by atoms with Crippen molar-refractivity contribution in [3.8, 4) is 5.75 Å². The molecule has 1 fully saturated rings. The molecule has 2 nitrogen and oxygen atoms in total. The van der Waals surface area contributed by atoms with E-state index >= 15 is 0 Å². The number of rotatable bonds is 4. The second kappa shape index (κ2) is 6.40. The summed E-state index contributed by atoms with van der Waals surface area (Å²) < 4.78 is 12.5. The summed E-state index contributed by atoms with van der Waals surface area (Å²) in [5.41, 5.74) is 1.20. The third-order valence-corrected chi connectivity index (χ3v) is 5.05. The van der Waals surface area contributed by atoms with Gasteiger partial charge in [-0.15, -0.1) is 0 Å². The minimum atomic E-state index is 0.272. The molecular formula is C14H18Br2O2. The van der Waals surface area contributed by atoms with Crippen molar-refractivity contribution in [1.82, 2.24) is 0 Å². The van der Waals surface area contributed by atoms with E-state index in [1.54, 1.807) is 0 Å². The highest BCUT2D eigenvalue weighted by Crippen LogP contribution is 2.43. The van der Waals surface area contributed by atoms with Gasteiger partial charge in [-0.25, -0.2) is 0 Å². The van der Waals surface area contributed by atoms with Crippen LogP contribution in [0.25, 0.3) is 0 Å². The molecule has 0 bridgehead atoms. The summed E-state index contributed by atoms with van der Waals surface area (Å²) in [7, 11) is 0. The van der Waals surface area contributed by atoms with Crippen LogP contribution in [0.5, 0.6) is 5.75 Å². The van der Waals surface area contributed by atoms with Crippen LogP contribution in [-0.4, -0.2) is 19.3 Å². The molecule has 0 amide bonds. The Kier molecular flexibility index (Phi) is 5.10. The first kappa shape index (κ1) is 14.4. The van der Waals surface area contributed by atoms with Gasteiger partial charge < -0.3 is 9.47 Å². The molecule has 1 aliphatic heterocycles. The van der Waals surface area contributed by atoms with Crippen molar-refractivity contribution in [2.45, 2.75) is 31.2 Å². The highest BCUT2D eigenvalue weighted by atomic mass is 79.9. The minimum Gasteiger partial charge on any atom is -0.494 e. The van der Waals surface area contributed by atoms with Gasteiger partial charge >= 0.3 is 0 Å². The van der Waals surface area contributed by atoms with Crippen molar-refractivity contribution in [1.29, 1.82) is 0 Å². The van der Waals surface area contributed by atoms with Crippen LogP contribution in [0.3, 0.4) is 0 Å². The molecule has 1 aromatic rings. The summed E-state index contributed by atoms with van der Waals surface area (Å²) in [6, 6.07) is 6.18. The first-order valence-electron chi connectivity index (χ1n) is 6.31. The first-order chi connectivity index (χ1) is 8.63. The standard InChI is InChI=1S/C14H18Br2O2/c1-3-17-13-5-4-10(15)8-12(13)14(16)11-6-7-18-9(11)2/h4-5,8-9,11,14H,3,6-7H2,1-2H3. The topological polar surface area (TPSA) is 18.5 Å². The fourth-order valence-corrected chi connectivity index (χ4v) is 3.82. The van der Waals surface area contributed by atoms with Gasteiger partial charge in [-0.05, 0) is 38.5 Å². The summed E-state index contributed by atoms with van der Waals surface area (Å²) in [6.45, 7) is 5.69. The van der Waals surface area contributed by atoms with E-state index in [0.29, 0.717) is 18.6 Å². The van der Waals surface area contributed by atoms with Crippen molar-refractivity contribution >= 4 is 31.9 Å². The van der Waals surface area contributed by atoms with E-state index in [4.69, 9.17) is 9.47 Å². The fourth-order valence-electron chi connectivity index (χ4n) is 2.39. The maximum absolute atomic E-state index is 5.72. The van der Waals surface area contributed by atoms with E-state index in [1.807, 2.05) is 19.1 Å². The molecule has 3 atom stereocenters. The van der Waals surface area contributed by atoms with Crippen LogP contribution in [0.15, 0.2) is 22.7 Å². The number of halogens is 2. The van der Waals surface area contributed by atoms with Crippen LogP contribution < -0.4 is 4.74 Å². The molecule has 2 rings (SSSR count). The van der Waals surface area contributed by atoms with Gasteiger partial charge in [-0.1, -0.05) is 31.9 Å². The molecule has 3 unspecified atom stereocenters. The summed E-state index contributed by atoms with van der Waals surface area (Å²) >= 11 is 7.36. The zero-order chi connectivity index (χ0) is 13.1. The molecule has 0 radical (unpaired) electrons. The molecule has 0 aliphatic carbocycles. The lowest BCUT2D eigenvalue weighted by molar-refractivity contribution is 0.105. The Hall–Kier alpha value is -0.0600. The second-order valence-electron chi connectivity index (χ2n) is 4.55. The van der Waals surface area contributed by atoms with Gasteiger partial charge in [0.05, 0.1) is 12.7 Å². The minimum absolute atomic E-state index is 0.272. The number of benzene rings is 1. The summed E-state index contributed by atoms with van der Waals surface area (Å²) in [5, 5.41) is 0. The molecular weight excluding hydrogens is 360 g/mol. The van der Waals surface area contributed by atoms with E-state index in [-0.39, 0.29) is 4.83 Å². The molecule has 18 heavy (non-hydrogen) atoms. The average Bonchev–Trinajstić information content (AvgIpc) is 2.77. The Morgan fingerprint density at radius 2 is 2.28 bits per heavy atom. The zero-order valence-electron chi connectivity index (χ0n) is 10.7. The number of ether oxygens (including phenoxy) is 2. The predicted octanol–water partition coefficient (Wildman–Crippen LogP) is 4.71. The number of hydrogen-bond acceptors (Lipinski definition) is 2. The van der Waals surface area contributed by atoms with Gasteiger partial charge in [-0.2, -0.15) is 0 Å². The summed E-state index contributed by atoms with van der Waals surface area (Å²) in [5.74, 6) is 1.46. The van der Waals surface area contributed by atoms with Crippen LogP contribution in [0.2, 0.25) is 0 Å². The SMILES string of the molecule is CCOc1ccc(Br)cc1C(Br)C1CCOC1C. The van der Waals surface area contributed by atoms with Crippen molar-refractivity contribution in [3.05, 3.63) is 28.2 Å². The Labute approximate surface area is 125 Å². The Bertz CT molecular complexity index is 409. The lowest BCUT2D eigenvalue weighted by atomic mass is 9.93. The Morgan fingerprint density at radius 3 is 2.89 bits per heavy atom. The largest absolute Gasteiger partial charge is 0.494 e. The monoisotopic (exact) mass is 376 g/mol. The average molecular weight is 378 g/mol. The molecule has 4 heteroatoms. The molecule has 0 spiro atoms. The lowest BCUT2D eigenvalue weighted by Gasteiger charge is -2.23. The molecule has 100 valence electrons. The van der Waals surface area contributed by atoms with Crippen LogP contribution in [0.1, 0.15) is 30.7 Å². The zero-order valence-corrected chi connectivity index (χ0v) is 13.8. The van der Waals surface area contributed by atoms with Gasteiger partial charge in [0.25, 0.3) is 0 Å². The molecule has 0 N–H and O–H groups in total. The molecule has 1 aliphatic rings. The van der Waals surface area contributed by atoms with Crippen molar-refractivity contribution in [3.63, 3.8) is 0 Å².